The largest absolute Gasteiger partial charge is 0.478 e. The molecule has 18 heavy (non-hydrogen) atoms. The number of nitrogens with zero attached hydrogens (tertiary/aromatic N) is 4. The molecule has 6 nitrogen and oxygen atoms in total. The van der Waals surface area contributed by atoms with Gasteiger partial charge in [-0.05, 0) is 13.8 Å². The van der Waals surface area contributed by atoms with E-state index < -0.39 is 0 Å². The van der Waals surface area contributed by atoms with Crippen LogP contribution in [0.4, 0.5) is 5.82 Å². The zero-order valence-corrected chi connectivity index (χ0v) is 10.8. The summed E-state index contributed by atoms with van der Waals surface area (Å²) in [7, 11) is 1.89. The van der Waals surface area contributed by atoms with Gasteiger partial charge in [-0.15, -0.1) is 0 Å². The Morgan fingerprint density at radius 3 is 2.89 bits per heavy atom. The van der Waals surface area contributed by atoms with Crippen LogP contribution in [0.25, 0.3) is 0 Å². The van der Waals surface area contributed by atoms with Gasteiger partial charge in [0.2, 0.25) is 5.88 Å². The number of ether oxygens (including phenoxy) is 1. The Labute approximate surface area is 106 Å². The summed E-state index contributed by atoms with van der Waals surface area (Å²) < 4.78 is 7.15. The molecule has 0 aliphatic carbocycles. The van der Waals surface area contributed by atoms with Crippen molar-refractivity contribution in [2.75, 3.05) is 11.9 Å². The molecule has 2 heterocycles. The van der Waals surface area contributed by atoms with Crippen molar-refractivity contribution in [3.05, 3.63) is 29.8 Å². The third kappa shape index (κ3) is 3.19. The first kappa shape index (κ1) is 12.3. The highest BCUT2D eigenvalue weighted by Gasteiger charge is 2.03. The van der Waals surface area contributed by atoms with Gasteiger partial charge in [-0.1, -0.05) is 0 Å². The van der Waals surface area contributed by atoms with Crippen molar-refractivity contribution in [1.82, 2.24) is 19.7 Å². The smallest absolute Gasteiger partial charge is 0.218 e. The van der Waals surface area contributed by atoms with Crippen molar-refractivity contribution in [3.63, 3.8) is 0 Å². The summed E-state index contributed by atoms with van der Waals surface area (Å²) in [5.74, 6) is 2.04. The second-order valence-corrected chi connectivity index (χ2v) is 3.95. The molecule has 6 heteroatoms. The monoisotopic (exact) mass is 247 g/mol. The second-order valence-electron chi connectivity index (χ2n) is 3.95. The summed E-state index contributed by atoms with van der Waals surface area (Å²) >= 11 is 0. The van der Waals surface area contributed by atoms with Gasteiger partial charge in [0, 0.05) is 31.4 Å². The van der Waals surface area contributed by atoms with E-state index in [2.05, 4.69) is 20.4 Å². The second kappa shape index (κ2) is 5.48. The Balaban J connectivity index is 2.04. The summed E-state index contributed by atoms with van der Waals surface area (Å²) in [6.45, 7) is 5.05. The SMILES string of the molecule is CCOc1cc(NCc2cnn(C)c2)nc(C)n1. The molecule has 0 saturated heterocycles. The highest BCUT2D eigenvalue weighted by Crippen LogP contribution is 2.14. The molecule has 0 bridgehead atoms. The van der Waals surface area contributed by atoms with Crippen LogP contribution in [0.1, 0.15) is 18.3 Å². The molecular formula is C12H17N5O. The van der Waals surface area contributed by atoms with Crippen LogP contribution in [0, 0.1) is 6.92 Å². The maximum absolute atomic E-state index is 5.38. The highest BCUT2D eigenvalue weighted by atomic mass is 16.5. The van der Waals surface area contributed by atoms with Gasteiger partial charge in [-0.2, -0.15) is 10.1 Å². The van der Waals surface area contributed by atoms with E-state index >= 15 is 0 Å². The van der Waals surface area contributed by atoms with Gasteiger partial charge >= 0.3 is 0 Å². The van der Waals surface area contributed by atoms with Crippen LogP contribution in [0.15, 0.2) is 18.5 Å². The van der Waals surface area contributed by atoms with Crippen molar-refractivity contribution in [2.45, 2.75) is 20.4 Å². The number of hydrogen-bond donors (Lipinski definition) is 1. The Hall–Kier alpha value is -2.11. The van der Waals surface area contributed by atoms with Gasteiger partial charge in [0.25, 0.3) is 0 Å². The molecule has 0 saturated carbocycles. The summed E-state index contributed by atoms with van der Waals surface area (Å²) in [6.07, 6.45) is 3.79. The maximum atomic E-state index is 5.38. The zero-order chi connectivity index (χ0) is 13.0. The molecule has 0 radical (unpaired) electrons. The molecule has 0 aliphatic rings. The summed E-state index contributed by atoms with van der Waals surface area (Å²) in [5.41, 5.74) is 1.10. The molecule has 0 aliphatic heterocycles. The minimum Gasteiger partial charge on any atom is -0.478 e. The molecule has 0 aromatic carbocycles. The van der Waals surface area contributed by atoms with Crippen molar-refractivity contribution in [2.24, 2.45) is 7.05 Å². The maximum Gasteiger partial charge on any atom is 0.218 e. The molecule has 0 spiro atoms. The van der Waals surface area contributed by atoms with E-state index in [0.29, 0.717) is 24.9 Å². The molecule has 96 valence electrons. The van der Waals surface area contributed by atoms with Crippen LogP contribution >= 0.6 is 0 Å². The summed E-state index contributed by atoms with van der Waals surface area (Å²) in [4.78, 5) is 8.50. The molecule has 1 N–H and O–H groups in total. The van der Waals surface area contributed by atoms with Gasteiger partial charge in [0.05, 0.1) is 12.8 Å². The topological polar surface area (TPSA) is 64.9 Å². The summed E-state index contributed by atoms with van der Waals surface area (Å²) in [5, 5.41) is 7.34. The lowest BCUT2D eigenvalue weighted by Gasteiger charge is -2.07. The highest BCUT2D eigenvalue weighted by molar-refractivity contribution is 5.38. The van der Waals surface area contributed by atoms with E-state index in [-0.39, 0.29) is 0 Å². The molecular weight excluding hydrogens is 230 g/mol. The van der Waals surface area contributed by atoms with Gasteiger partial charge in [0.15, 0.2) is 0 Å². The number of anilines is 1. The van der Waals surface area contributed by atoms with E-state index in [0.717, 1.165) is 11.4 Å². The fourth-order valence-corrected chi connectivity index (χ4v) is 1.61. The minimum atomic E-state index is 0.596. The van der Waals surface area contributed by atoms with Gasteiger partial charge in [-0.3, -0.25) is 4.68 Å². The van der Waals surface area contributed by atoms with Crippen LogP contribution in [-0.2, 0) is 13.6 Å². The number of rotatable bonds is 5. The van der Waals surface area contributed by atoms with Gasteiger partial charge in [-0.25, -0.2) is 4.98 Å². The zero-order valence-electron chi connectivity index (χ0n) is 10.8. The Morgan fingerprint density at radius 2 is 2.22 bits per heavy atom. The van der Waals surface area contributed by atoms with Gasteiger partial charge < -0.3 is 10.1 Å². The third-order valence-electron chi connectivity index (χ3n) is 2.34. The predicted molar refractivity (Wildman–Crippen MR) is 68.5 cm³/mol. The molecule has 2 rings (SSSR count). The van der Waals surface area contributed by atoms with Crippen molar-refractivity contribution >= 4 is 5.82 Å². The number of nitrogens with one attached hydrogen (secondary N) is 1. The minimum absolute atomic E-state index is 0.596. The van der Waals surface area contributed by atoms with Crippen LogP contribution in [0.3, 0.4) is 0 Å². The molecule has 0 fully saturated rings. The number of hydrogen-bond acceptors (Lipinski definition) is 5. The standard InChI is InChI=1S/C12H17N5O/c1-4-18-12-5-11(15-9(2)16-12)13-6-10-7-14-17(3)8-10/h5,7-8H,4,6H2,1-3H3,(H,13,15,16). The number of aryl methyl sites for hydroxylation is 2. The first-order chi connectivity index (χ1) is 8.67. The van der Waals surface area contributed by atoms with Crippen LogP contribution in [0.2, 0.25) is 0 Å². The average Bonchev–Trinajstić information content (AvgIpc) is 2.72. The van der Waals surface area contributed by atoms with Crippen LogP contribution < -0.4 is 10.1 Å². The molecule has 0 amide bonds. The fraction of sp³-hybridized carbons (Fsp3) is 0.417. The lowest BCUT2D eigenvalue weighted by atomic mass is 10.3. The molecule has 0 unspecified atom stereocenters. The molecule has 2 aromatic heterocycles. The predicted octanol–water partition coefficient (Wildman–Crippen LogP) is 1.53. The third-order valence-corrected chi connectivity index (χ3v) is 2.34. The fourth-order valence-electron chi connectivity index (χ4n) is 1.61. The lowest BCUT2D eigenvalue weighted by molar-refractivity contribution is 0.325. The first-order valence-corrected chi connectivity index (χ1v) is 5.87. The van der Waals surface area contributed by atoms with E-state index in [4.69, 9.17) is 4.74 Å². The Bertz CT molecular complexity index is 523. The Kier molecular flexibility index (Phi) is 3.76. The normalized spacial score (nSPS) is 10.4. The van der Waals surface area contributed by atoms with Crippen molar-refractivity contribution in [1.29, 1.82) is 0 Å². The van der Waals surface area contributed by atoms with Gasteiger partial charge in [0.1, 0.15) is 11.6 Å². The van der Waals surface area contributed by atoms with Crippen molar-refractivity contribution < 1.29 is 4.74 Å². The average molecular weight is 247 g/mol. The molecule has 2 aromatic rings. The van der Waals surface area contributed by atoms with E-state index in [1.54, 1.807) is 10.7 Å². The van der Waals surface area contributed by atoms with Crippen LogP contribution in [0.5, 0.6) is 5.88 Å². The van der Waals surface area contributed by atoms with Crippen LogP contribution in [-0.4, -0.2) is 26.4 Å². The van der Waals surface area contributed by atoms with E-state index in [9.17, 15) is 0 Å². The first-order valence-electron chi connectivity index (χ1n) is 5.87. The lowest BCUT2D eigenvalue weighted by Crippen LogP contribution is -2.04. The summed E-state index contributed by atoms with van der Waals surface area (Å²) in [6, 6.07) is 1.80. The van der Waals surface area contributed by atoms with Crippen molar-refractivity contribution in [3.8, 4) is 5.88 Å². The molecule has 0 atom stereocenters. The van der Waals surface area contributed by atoms with E-state index in [1.165, 1.54) is 0 Å². The quantitative estimate of drug-likeness (QED) is 0.868. The number of aromatic nitrogens is 4. The Morgan fingerprint density at radius 1 is 1.39 bits per heavy atom. The van der Waals surface area contributed by atoms with E-state index in [1.807, 2.05) is 33.3 Å².